The Balaban J connectivity index is 1.93. The topological polar surface area (TPSA) is 49.6 Å². The molecule has 0 spiro atoms. The van der Waals surface area contributed by atoms with Gasteiger partial charge in [0.05, 0.1) is 6.04 Å². The third kappa shape index (κ3) is 2.32. The van der Waals surface area contributed by atoms with Crippen molar-refractivity contribution in [3.05, 3.63) is 0 Å². The number of piperazine rings is 1. The van der Waals surface area contributed by atoms with E-state index in [4.69, 9.17) is 5.73 Å². The zero-order chi connectivity index (χ0) is 10.8. The molecule has 4 nitrogen and oxygen atoms in total. The largest absolute Gasteiger partial charge is 0.368 e. The minimum Gasteiger partial charge on any atom is -0.368 e. The Kier molecular flexibility index (Phi) is 3.26. The highest BCUT2D eigenvalue weighted by Crippen LogP contribution is 2.21. The lowest BCUT2D eigenvalue weighted by Crippen LogP contribution is -2.58. The van der Waals surface area contributed by atoms with Gasteiger partial charge in [-0.2, -0.15) is 0 Å². The van der Waals surface area contributed by atoms with E-state index in [1.165, 1.54) is 25.8 Å². The van der Waals surface area contributed by atoms with Gasteiger partial charge < -0.3 is 5.73 Å². The van der Waals surface area contributed by atoms with Crippen LogP contribution in [-0.2, 0) is 4.79 Å². The molecule has 0 aliphatic carbocycles. The first-order valence-electron chi connectivity index (χ1n) is 5.96. The Morgan fingerprint density at radius 3 is 2.87 bits per heavy atom. The van der Waals surface area contributed by atoms with Gasteiger partial charge in [0.25, 0.3) is 0 Å². The van der Waals surface area contributed by atoms with Crippen molar-refractivity contribution < 1.29 is 4.79 Å². The summed E-state index contributed by atoms with van der Waals surface area (Å²) < 4.78 is 0. The highest BCUT2D eigenvalue weighted by atomic mass is 16.1. The fourth-order valence-corrected chi connectivity index (χ4v) is 2.71. The molecule has 2 unspecified atom stereocenters. The number of nitrogens with zero attached hydrogens (tertiary/aromatic N) is 2. The molecule has 2 aliphatic rings. The molecule has 86 valence electrons. The fraction of sp³-hybridized carbons (Fsp3) is 0.909. The number of carbonyl (C=O) groups is 1. The lowest BCUT2D eigenvalue weighted by atomic mass is 9.99. The molecule has 1 amide bonds. The number of piperidine rings is 1. The van der Waals surface area contributed by atoms with Crippen molar-refractivity contribution in [1.29, 1.82) is 0 Å². The summed E-state index contributed by atoms with van der Waals surface area (Å²) in [5.41, 5.74) is 5.34. The Morgan fingerprint density at radius 1 is 1.33 bits per heavy atom. The van der Waals surface area contributed by atoms with E-state index >= 15 is 0 Å². The Bertz CT molecular complexity index is 244. The van der Waals surface area contributed by atoms with Gasteiger partial charge in [-0.3, -0.25) is 14.6 Å². The molecule has 15 heavy (non-hydrogen) atoms. The van der Waals surface area contributed by atoms with Crippen LogP contribution >= 0.6 is 0 Å². The third-order valence-electron chi connectivity index (χ3n) is 3.83. The van der Waals surface area contributed by atoms with Crippen LogP contribution in [0.5, 0.6) is 0 Å². The van der Waals surface area contributed by atoms with Crippen LogP contribution in [0.3, 0.4) is 0 Å². The van der Waals surface area contributed by atoms with Crippen molar-refractivity contribution in [2.45, 2.75) is 38.3 Å². The summed E-state index contributed by atoms with van der Waals surface area (Å²) >= 11 is 0. The highest BCUT2D eigenvalue weighted by molar-refractivity contribution is 5.79. The van der Waals surface area contributed by atoms with E-state index in [1.54, 1.807) is 0 Å². The van der Waals surface area contributed by atoms with Crippen molar-refractivity contribution in [1.82, 2.24) is 9.80 Å². The summed E-state index contributed by atoms with van der Waals surface area (Å²) in [4.78, 5) is 15.9. The number of fused-ring (bicyclic) bond motifs is 1. The number of hydrogen-bond acceptors (Lipinski definition) is 3. The zero-order valence-electron chi connectivity index (χ0n) is 9.48. The second-order valence-electron chi connectivity index (χ2n) is 4.76. The Labute approximate surface area is 91.4 Å². The van der Waals surface area contributed by atoms with Crippen LogP contribution in [0.15, 0.2) is 0 Å². The molecule has 2 atom stereocenters. The molecule has 0 aromatic carbocycles. The van der Waals surface area contributed by atoms with E-state index < -0.39 is 0 Å². The van der Waals surface area contributed by atoms with Crippen LogP contribution in [-0.4, -0.2) is 54.0 Å². The first-order chi connectivity index (χ1) is 7.18. The van der Waals surface area contributed by atoms with Gasteiger partial charge in [0, 0.05) is 25.7 Å². The van der Waals surface area contributed by atoms with Gasteiger partial charge >= 0.3 is 0 Å². The average Bonchev–Trinajstić information content (AvgIpc) is 2.27. The quantitative estimate of drug-likeness (QED) is 0.701. The van der Waals surface area contributed by atoms with Gasteiger partial charge in [-0.25, -0.2) is 0 Å². The van der Waals surface area contributed by atoms with Gasteiger partial charge in [-0.05, 0) is 26.3 Å². The standard InChI is InChI=1S/C11H21N3O/c1-9(11(12)15)14-7-6-13-5-3-2-4-10(13)8-14/h9-10H,2-8H2,1H3,(H2,12,15). The van der Waals surface area contributed by atoms with Crippen LogP contribution in [0.25, 0.3) is 0 Å². The van der Waals surface area contributed by atoms with Crippen molar-refractivity contribution in [3.8, 4) is 0 Å². The summed E-state index contributed by atoms with van der Waals surface area (Å²) in [6.45, 7) is 6.26. The summed E-state index contributed by atoms with van der Waals surface area (Å²) in [5.74, 6) is -0.195. The Hall–Kier alpha value is -0.610. The lowest BCUT2D eigenvalue weighted by Gasteiger charge is -2.45. The van der Waals surface area contributed by atoms with Gasteiger partial charge in [-0.15, -0.1) is 0 Å². The normalized spacial score (nSPS) is 30.9. The monoisotopic (exact) mass is 211 g/mol. The van der Waals surface area contributed by atoms with Crippen molar-refractivity contribution in [2.75, 3.05) is 26.2 Å². The maximum absolute atomic E-state index is 11.1. The van der Waals surface area contributed by atoms with Crippen LogP contribution in [0.4, 0.5) is 0 Å². The lowest BCUT2D eigenvalue weighted by molar-refractivity contribution is -0.124. The molecule has 4 heteroatoms. The predicted octanol–water partition coefficient (Wildman–Crippen LogP) is 0.0303. The number of nitrogens with two attached hydrogens (primary N) is 1. The Morgan fingerprint density at radius 2 is 2.13 bits per heavy atom. The number of hydrogen-bond donors (Lipinski definition) is 1. The first kappa shape index (κ1) is 10.9. The first-order valence-corrected chi connectivity index (χ1v) is 5.96. The molecule has 2 heterocycles. The van der Waals surface area contributed by atoms with E-state index in [0.29, 0.717) is 6.04 Å². The summed E-state index contributed by atoms with van der Waals surface area (Å²) in [6, 6.07) is 0.559. The fourth-order valence-electron chi connectivity index (χ4n) is 2.71. The van der Waals surface area contributed by atoms with E-state index in [1.807, 2.05) is 6.92 Å². The van der Waals surface area contributed by atoms with Crippen LogP contribution in [0.1, 0.15) is 26.2 Å². The summed E-state index contributed by atoms with van der Waals surface area (Å²) in [6.07, 6.45) is 3.95. The summed E-state index contributed by atoms with van der Waals surface area (Å²) in [7, 11) is 0. The van der Waals surface area contributed by atoms with Crippen molar-refractivity contribution in [3.63, 3.8) is 0 Å². The minimum absolute atomic E-state index is 0.103. The van der Waals surface area contributed by atoms with Crippen LogP contribution < -0.4 is 5.73 Å². The smallest absolute Gasteiger partial charge is 0.234 e. The van der Waals surface area contributed by atoms with Crippen LogP contribution in [0, 0.1) is 0 Å². The van der Waals surface area contributed by atoms with E-state index in [-0.39, 0.29) is 11.9 Å². The molecule has 0 radical (unpaired) electrons. The molecule has 0 saturated carbocycles. The van der Waals surface area contributed by atoms with E-state index in [0.717, 1.165) is 19.6 Å². The van der Waals surface area contributed by atoms with Gasteiger partial charge in [0.1, 0.15) is 0 Å². The van der Waals surface area contributed by atoms with Crippen LogP contribution in [0.2, 0.25) is 0 Å². The third-order valence-corrected chi connectivity index (χ3v) is 3.83. The van der Waals surface area contributed by atoms with Crippen molar-refractivity contribution in [2.24, 2.45) is 5.73 Å². The highest BCUT2D eigenvalue weighted by Gasteiger charge is 2.31. The molecule has 0 aromatic heterocycles. The second kappa shape index (κ2) is 4.49. The number of primary amides is 1. The molecule has 2 rings (SSSR count). The average molecular weight is 211 g/mol. The number of carbonyl (C=O) groups excluding carboxylic acids is 1. The molecule has 2 fully saturated rings. The minimum atomic E-state index is -0.195. The summed E-state index contributed by atoms with van der Waals surface area (Å²) in [5, 5.41) is 0. The van der Waals surface area contributed by atoms with E-state index in [2.05, 4.69) is 9.80 Å². The molecule has 0 aromatic rings. The van der Waals surface area contributed by atoms with Gasteiger partial charge in [0.15, 0.2) is 0 Å². The molecule has 2 N–H and O–H groups in total. The zero-order valence-corrected chi connectivity index (χ0v) is 9.48. The van der Waals surface area contributed by atoms with Crippen molar-refractivity contribution >= 4 is 5.91 Å². The molecule has 0 bridgehead atoms. The molecule has 2 saturated heterocycles. The molecular weight excluding hydrogens is 190 g/mol. The number of amides is 1. The maximum atomic E-state index is 11.1. The molecular formula is C11H21N3O. The maximum Gasteiger partial charge on any atom is 0.234 e. The van der Waals surface area contributed by atoms with E-state index in [9.17, 15) is 4.79 Å². The van der Waals surface area contributed by atoms with Gasteiger partial charge in [0.2, 0.25) is 5.91 Å². The SMILES string of the molecule is CC(C(N)=O)N1CCN2CCCCC2C1. The predicted molar refractivity (Wildman–Crippen MR) is 59.4 cm³/mol. The molecule has 2 aliphatic heterocycles. The second-order valence-corrected chi connectivity index (χ2v) is 4.76. The number of rotatable bonds is 2. The van der Waals surface area contributed by atoms with Gasteiger partial charge in [-0.1, -0.05) is 6.42 Å².